The van der Waals surface area contributed by atoms with Gasteiger partial charge in [-0.1, -0.05) is 13.8 Å². The van der Waals surface area contributed by atoms with Gasteiger partial charge in [-0.15, -0.1) is 0 Å². The maximum atomic E-state index is 12.2. The Bertz CT molecular complexity index is 690. The van der Waals surface area contributed by atoms with Crippen molar-refractivity contribution in [3.05, 3.63) is 18.2 Å². The highest BCUT2D eigenvalue weighted by Crippen LogP contribution is 2.21. The van der Waals surface area contributed by atoms with Gasteiger partial charge < -0.3 is 15.1 Å². The molecule has 2 rings (SSSR count). The summed E-state index contributed by atoms with van der Waals surface area (Å²) >= 11 is 0. The molecule has 110 valence electrons. The van der Waals surface area contributed by atoms with Gasteiger partial charge in [-0.3, -0.25) is 0 Å². The summed E-state index contributed by atoms with van der Waals surface area (Å²) in [6, 6.07) is 4.88. The number of nitrogens with zero attached hydrogens (tertiary/aromatic N) is 2. The molecule has 2 aromatic rings. The van der Waals surface area contributed by atoms with E-state index in [2.05, 4.69) is 4.98 Å². The van der Waals surface area contributed by atoms with Crippen LogP contribution in [-0.4, -0.2) is 43.7 Å². The lowest BCUT2D eigenvalue weighted by molar-refractivity contribution is 0.320. The summed E-state index contributed by atoms with van der Waals surface area (Å²) in [5, 5.41) is -0.231. The van der Waals surface area contributed by atoms with E-state index in [1.54, 1.807) is 18.2 Å². The first-order chi connectivity index (χ1) is 9.46. The fourth-order valence-corrected chi connectivity index (χ4v) is 3.06. The van der Waals surface area contributed by atoms with Crippen molar-refractivity contribution in [3.8, 4) is 0 Å². The molecule has 2 N–H and O–H groups in total. The van der Waals surface area contributed by atoms with E-state index in [1.807, 2.05) is 18.7 Å². The van der Waals surface area contributed by atoms with Crippen LogP contribution in [0.2, 0.25) is 0 Å². The molecular formula is C13H19N3O3S. The third kappa shape index (κ3) is 3.10. The van der Waals surface area contributed by atoms with E-state index in [1.165, 1.54) is 0 Å². The third-order valence-corrected chi connectivity index (χ3v) is 4.66. The molecule has 0 amide bonds. The van der Waals surface area contributed by atoms with Crippen LogP contribution in [0.5, 0.6) is 0 Å². The molecule has 1 aromatic heterocycles. The van der Waals surface area contributed by atoms with Crippen molar-refractivity contribution in [3.63, 3.8) is 0 Å². The van der Waals surface area contributed by atoms with Crippen LogP contribution >= 0.6 is 0 Å². The number of benzene rings is 1. The molecule has 0 bridgehead atoms. The van der Waals surface area contributed by atoms with Crippen molar-refractivity contribution < 1.29 is 12.8 Å². The lowest BCUT2D eigenvalue weighted by atomic mass is 10.3. The molecule has 7 heteroatoms. The second-order valence-electron chi connectivity index (χ2n) is 4.55. The molecule has 0 radical (unpaired) electrons. The summed E-state index contributed by atoms with van der Waals surface area (Å²) in [4.78, 5) is 6.06. The minimum atomic E-state index is -3.51. The predicted octanol–water partition coefficient (Wildman–Crippen LogP) is 1.53. The normalized spacial score (nSPS) is 12.3. The van der Waals surface area contributed by atoms with Gasteiger partial charge in [0.1, 0.15) is 5.52 Å². The predicted molar refractivity (Wildman–Crippen MR) is 78.3 cm³/mol. The Kier molecular flexibility index (Phi) is 4.29. The quantitative estimate of drug-likeness (QED) is 0.813. The topological polar surface area (TPSA) is 89.4 Å². The van der Waals surface area contributed by atoms with Crippen molar-refractivity contribution >= 4 is 26.6 Å². The number of nitrogens with two attached hydrogens (primary N) is 1. The highest BCUT2D eigenvalue weighted by Gasteiger charge is 2.22. The molecule has 0 spiro atoms. The number of rotatable bonds is 6. The standard InChI is InChI=1S/C13H19N3O3S/c1-3-16(4-2)7-8-20(17,18)13-15-11-9-10(14)5-6-12(11)19-13/h5-6,9H,3-4,7-8,14H2,1-2H3. The molecule has 0 aliphatic carbocycles. The van der Waals surface area contributed by atoms with Crippen LogP contribution in [-0.2, 0) is 9.84 Å². The molecule has 1 heterocycles. The molecule has 0 saturated heterocycles. The zero-order valence-corrected chi connectivity index (χ0v) is 12.5. The number of nitrogen functional groups attached to an aromatic ring is 1. The van der Waals surface area contributed by atoms with Gasteiger partial charge in [-0.2, -0.15) is 4.98 Å². The van der Waals surface area contributed by atoms with Gasteiger partial charge in [0.15, 0.2) is 5.58 Å². The van der Waals surface area contributed by atoms with Crippen molar-refractivity contribution in [2.45, 2.75) is 19.1 Å². The summed E-state index contributed by atoms with van der Waals surface area (Å²) in [7, 11) is -3.51. The van der Waals surface area contributed by atoms with E-state index in [4.69, 9.17) is 10.2 Å². The Hall–Kier alpha value is -1.60. The van der Waals surface area contributed by atoms with Gasteiger partial charge in [0.25, 0.3) is 0 Å². The van der Waals surface area contributed by atoms with Crippen molar-refractivity contribution in [1.82, 2.24) is 9.88 Å². The van der Waals surface area contributed by atoms with Crippen LogP contribution in [0, 0.1) is 0 Å². The smallest absolute Gasteiger partial charge is 0.316 e. The first-order valence-corrected chi connectivity index (χ1v) is 8.22. The number of sulfone groups is 1. The first-order valence-electron chi connectivity index (χ1n) is 6.57. The Morgan fingerprint density at radius 1 is 1.30 bits per heavy atom. The maximum absolute atomic E-state index is 12.2. The van der Waals surface area contributed by atoms with Gasteiger partial charge in [-0.05, 0) is 31.3 Å². The summed E-state index contributed by atoms with van der Waals surface area (Å²) in [5.74, 6) is -0.00299. The lowest BCUT2D eigenvalue weighted by Crippen LogP contribution is -2.29. The lowest BCUT2D eigenvalue weighted by Gasteiger charge is -2.16. The molecule has 0 saturated carbocycles. The second-order valence-corrected chi connectivity index (χ2v) is 6.54. The Morgan fingerprint density at radius 3 is 2.65 bits per heavy atom. The highest BCUT2D eigenvalue weighted by molar-refractivity contribution is 7.91. The van der Waals surface area contributed by atoms with Crippen LogP contribution in [0.4, 0.5) is 5.69 Å². The van der Waals surface area contributed by atoms with Crippen LogP contribution in [0.15, 0.2) is 27.8 Å². The van der Waals surface area contributed by atoms with Gasteiger partial charge in [0.2, 0.25) is 9.84 Å². The van der Waals surface area contributed by atoms with Crippen LogP contribution in [0.25, 0.3) is 11.1 Å². The first kappa shape index (κ1) is 14.8. The van der Waals surface area contributed by atoms with Gasteiger partial charge >= 0.3 is 5.22 Å². The van der Waals surface area contributed by atoms with Crippen molar-refractivity contribution in [2.75, 3.05) is 31.1 Å². The van der Waals surface area contributed by atoms with Crippen LogP contribution in [0.1, 0.15) is 13.8 Å². The third-order valence-electron chi connectivity index (χ3n) is 3.23. The van der Waals surface area contributed by atoms with Gasteiger partial charge in [-0.25, -0.2) is 8.42 Å². The number of aromatic nitrogens is 1. The number of fused-ring (bicyclic) bond motifs is 1. The average molecular weight is 297 g/mol. The average Bonchev–Trinajstić information content (AvgIpc) is 2.83. The molecule has 0 unspecified atom stereocenters. The molecule has 1 aromatic carbocycles. The molecule has 0 aliphatic rings. The highest BCUT2D eigenvalue weighted by atomic mass is 32.2. The van der Waals surface area contributed by atoms with Gasteiger partial charge in [0, 0.05) is 12.2 Å². The monoisotopic (exact) mass is 297 g/mol. The largest absolute Gasteiger partial charge is 0.428 e. The molecular weight excluding hydrogens is 278 g/mol. The molecule has 0 aliphatic heterocycles. The zero-order chi connectivity index (χ0) is 14.8. The van der Waals surface area contributed by atoms with Gasteiger partial charge in [0.05, 0.1) is 5.75 Å². The number of oxazole rings is 1. The number of hydrogen-bond donors (Lipinski definition) is 1. The zero-order valence-electron chi connectivity index (χ0n) is 11.7. The molecule has 0 atom stereocenters. The van der Waals surface area contributed by atoms with Crippen molar-refractivity contribution in [1.29, 1.82) is 0 Å². The maximum Gasteiger partial charge on any atom is 0.316 e. The van der Waals surface area contributed by atoms with E-state index in [0.717, 1.165) is 13.1 Å². The summed E-state index contributed by atoms with van der Waals surface area (Å²) in [6.07, 6.45) is 0. The summed E-state index contributed by atoms with van der Waals surface area (Å²) in [5.41, 5.74) is 7.06. The SMILES string of the molecule is CCN(CC)CCS(=O)(=O)c1nc2cc(N)ccc2o1. The Balaban J connectivity index is 2.23. The van der Waals surface area contributed by atoms with E-state index in [9.17, 15) is 8.42 Å². The fourth-order valence-electron chi connectivity index (χ4n) is 1.93. The van der Waals surface area contributed by atoms with E-state index < -0.39 is 9.84 Å². The Morgan fingerprint density at radius 2 is 2.00 bits per heavy atom. The van der Waals surface area contributed by atoms with E-state index >= 15 is 0 Å². The molecule has 20 heavy (non-hydrogen) atoms. The van der Waals surface area contributed by atoms with E-state index in [-0.39, 0.29) is 11.0 Å². The minimum Gasteiger partial charge on any atom is -0.428 e. The second kappa shape index (κ2) is 5.80. The molecule has 0 fully saturated rings. The fraction of sp³-hybridized carbons (Fsp3) is 0.462. The van der Waals surface area contributed by atoms with Crippen LogP contribution in [0.3, 0.4) is 0 Å². The summed E-state index contributed by atoms with van der Waals surface area (Å²) in [6.45, 7) is 6.10. The number of hydrogen-bond acceptors (Lipinski definition) is 6. The molecule has 6 nitrogen and oxygen atoms in total. The Labute approximate surface area is 118 Å². The van der Waals surface area contributed by atoms with Crippen molar-refractivity contribution in [2.24, 2.45) is 0 Å². The summed E-state index contributed by atoms with van der Waals surface area (Å²) < 4.78 is 29.7. The van der Waals surface area contributed by atoms with Crippen LogP contribution < -0.4 is 5.73 Å². The minimum absolute atomic E-state index is 0.00299. The van der Waals surface area contributed by atoms with E-state index in [0.29, 0.717) is 23.3 Å². The number of anilines is 1.